The first-order valence-electron chi connectivity index (χ1n) is 28.2. The first-order valence-corrected chi connectivity index (χ1v) is 28.2. The predicted octanol–water partition coefficient (Wildman–Crippen LogP) is 9.79. The van der Waals surface area contributed by atoms with Gasteiger partial charge in [-0.2, -0.15) is 39.5 Å². The van der Waals surface area contributed by atoms with E-state index < -0.39 is 35.6 Å². The zero-order chi connectivity index (χ0) is 68.2. The quantitative estimate of drug-likeness (QED) is 0.115. The van der Waals surface area contributed by atoms with Gasteiger partial charge in [0, 0.05) is 147 Å². The van der Waals surface area contributed by atoms with Gasteiger partial charge in [-0.15, -0.1) is 0 Å². The zero-order valence-corrected chi connectivity index (χ0v) is 59.3. The van der Waals surface area contributed by atoms with E-state index in [0.29, 0.717) is 70.1 Å². The largest absolute Gasteiger partial charge is 2.00 e. The monoisotopic (exact) mass is 1900 g/mol. The number of aryl methyl sites for hydroxylation is 5. The first-order chi connectivity index (χ1) is 45.2. The van der Waals surface area contributed by atoms with Crippen LogP contribution in [0, 0.1) is 20.8 Å². The first kappa shape index (κ1) is 77.2. The summed E-state index contributed by atoms with van der Waals surface area (Å²) in [6.07, 6.45) is 6.94. The van der Waals surface area contributed by atoms with Crippen LogP contribution in [0.5, 0.6) is 0 Å². The average Bonchev–Trinajstić information content (AvgIpc) is 1.69. The van der Waals surface area contributed by atoms with E-state index in [2.05, 4.69) is 120 Å². The van der Waals surface area contributed by atoms with E-state index in [1.54, 1.807) is 65.0 Å². The van der Waals surface area contributed by atoms with Crippen LogP contribution in [-0.2, 0) is 95.8 Å². The van der Waals surface area contributed by atoms with Crippen LogP contribution in [0.15, 0.2) is 153 Å². The number of hydrogen-bond acceptors (Lipinski definition) is 15. The van der Waals surface area contributed by atoms with Gasteiger partial charge in [0.2, 0.25) is 0 Å². The standard InChI is InChI=1S/2C12H10N5.C10H10F3N4.C9H12N5.2C8H6F3N4.3Pt/c2*1-9-14-11(16-15-9)12-13-7-8-17(12)10-5-3-2-4-6-10;1-6(2)17-4-3-14-9(17)7-5-8(16-15-7)10(11,12)13;1-6(2)14-5-4-10-9(14)8-11-7(3)12-13-8;2*1-15-3-2-12-7(15)5-4-6(14-13-5)8(9,10)11;;;/h2*2-8H,1H3;3-6H,1-2H3;4-6H,1-3H3;2*2-4H,1H3;;;/q6*-1;3*+2. The Kier molecular flexibility index (Phi) is 26.7. The Bertz CT molecular complexity index is 4440. The van der Waals surface area contributed by atoms with Crippen LogP contribution < -0.4 is 30.6 Å². The Morgan fingerprint density at radius 1 is 0.347 bits per heavy atom. The number of para-hydroxylation sites is 2. The normalized spacial score (nSPS) is 11.1. The topological polar surface area (TPSA) is 308 Å². The summed E-state index contributed by atoms with van der Waals surface area (Å²) < 4.78 is 121. The summed E-state index contributed by atoms with van der Waals surface area (Å²) in [5, 5.41) is 43.2. The van der Waals surface area contributed by atoms with Gasteiger partial charge in [-0.05, 0) is 90.9 Å². The third-order valence-electron chi connectivity index (χ3n) is 12.9. The summed E-state index contributed by atoms with van der Waals surface area (Å²) in [6.45, 7) is 13.4. The maximum atomic E-state index is 12.4. The molecule has 98 heavy (non-hydrogen) atoms. The minimum Gasteiger partial charge on any atom is -0.572 e. The molecule has 39 heteroatoms. The minimum atomic E-state index is -4.47. The molecule has 27 nitrogen and oxygen atoms in total. The van der Waals surface area contributed by atoms with Gasteiger partial charge in [-0.1, -0.05) is 53.5 Å². The van der Waals surface area contributed by atoms with Crippen LogP contribution in [0.2, 0.25) is 0 Å². The Morgan fingerprint density at radius 2 is 0.633 bits per heavy atom. The van der Waals surface area contributed by atoms with Crippen LogP contribution >= 0.6 is 0 Å². The fourth-order valence-corrected chi connectivity index (χ4v) is 8.45. The maximum Gasteiger partial charge on any atom is 2.00 e. The molecule has 0 fully saturated rings. The number of alkyl halides is 9. The molecular formula is C59H54F9N27Pt3. The number of imidazole rings is 6. The van der Waals surface area contributed by atoms with Gasteiger partial charge >= 0.3 is 81.7 Å². The molecule has 0 amide bonds. The molecular weight excluding hydrogens is 1840 g/mol. The Hall–Kier alpha value is -9.82. The van der Waals surface area contributed by atoms with Crippen molar-refractivity contribution < 1.29 is 103 Å². The number of nitrogens with zero attached hydrogens (tertiary/aromatic N) is 27. The Labute approximate surface area is 594 Å². The van der Waals surface area contributed by atoms with E-state index in [4.69, 9.17) is 0 Å². The molecule has 14 rings (SSSR count). The summed E-state index contributed by atoms with van der Waals surface area (Å²) in [5.41, 5.74) is -0.558. The molecule has 0 aliphatic carbocycles. The van der Waals surface area contributed by atoms with Crippen LogP contribution in [-0.4, -0.2) is 103 Å². The summed E-state index contributed by atoms with van der Waals surface area (Å²) in [6, 6.07) is 23.0. The number of hydrogen-bond donors (Lipinski definition) is 0. The molecule has 12 aromatic heterocycles. The summed E-state index contributed by atoms with van der Waals surface area (Å²) in [7, 11) is 3.34. The van der Waals surface area contributed by atoms with Crippen LogP contribution in [0.1, 0.15) is 74.3 Å². The van der Waals surface area contributed by atoms with Crippen molar-refractivity contribution in [3.05, 3.63) is 188 Å². The van der Waals surface area contributed by atoms with Crippen LogP contribution in [0.3, 0.4) is 0 Å². The van der Waals surface area contributed by atoms with E-state index in [0.717, 1.165) is 35.4 Å². The fraction of sp³-hybridized carbons (Fsp3) is 0.237. The zero-order valence-electron chi connectivity index (χ0n) is 52.5. The molecule has 0 spiro atoms. The van der Waals surface area contributed by atoms with Crippen molar-refractivity contribution in [3.8, 4) is 80.9 Å². The second-order valence-corrected chi connectivity index (χ2v) is 20.5. The fourth-order valence-electron chi connectivity index (χ4n) is 8.45. The van der Waals surface area contributed by atoms with Crippen molar-refractivity contribution in [2.45, 2.75) is 79.1 Å². The molecule has 0 unspecified atom stereocenters. The van der Waals surface area contributed by atoms with Crippen LogP contribution in [0.25, 0.3) is 80.9 Å². The van der Waals surface area contributed by atoms with Gasteiger partial charge in [-0.25, -0.2) is 29.9 Å². The third-order valence-corrected chi connectivity index (χ3v) is 12.9. The number of rotatable bonds is 10. The molecule has 0 atom stereocenters. The molecule has 14 aromatic rings. The molecule has 0 aliphatic heterocycles. The maximum absolute atomic E-state index is 12.4. The van der Waals surface area contributed by atoms with Crippen molar-refractivity contribution in [1.29, 1.82) is 0 Å². The van der Waals surface area contributed by atoms with Gasteiger partial charge in [0.1, 0.15) is 52.0 Å². The second-order valence-electron chi connectivity index (χ2n) is 20.5. The van der Waals surface area contributed by atoms with Crippen molar-refractivity contribution in [3.63, 3.8) is 0 Å². The van der Waals surface area contributed by atoms with Crippen molar-refractivity contribution >= 4 is 0 Å². The van der Waals surface area contributed by atoms with E-state index in [-0.39, 0.29) is 86.3 Å². The van der Waals surface area contributed by atoms with Crippen molar-refractivity contribution in [2.75, 3.05) is 0 Å². The minimum absolute atomic E-state index is 0. The molecule has 0 saturated carbocycles. The van der Waals surface area contributed by atoms with Gasteiger partial charge in [-0.3, -0.25) is 15.3 Å². The summed E-state index contributed by atoms with van der Waals surface area (Å²) in [5.74, 6) is 6.99. The number of aromatic nitrogens is 27. The predicted molar refractivity (Wildman–Crippen MR) is 321 cm³/mol. The SMILES string of the molecule is CC(C)n1ccnc1-c1cc(C(F)(F)F)n[n-]1.Cc1n[n-]c(-c2nccn2-c2ccccc2)n1.Cc1n[n-]c(-c2nccn2-c2ccccc2)n1.Cc1n[n-]c(-c2nccn2C(C)C)n1.Cn1ccnc1-c1cc(C(F)(F)F)n[n-]1.Cn1ccnc1-c1cc(C(F)(F)F)n[n-]1.[Pt+2].[Pt+2].[Pt+2]. The van der Waals surface area contributed by atoms with Crippen molar-refractivity contribution in [2.24, 2.45) is 14.1 Å². The average molecular weight is 1900 g/mol. The molecule has 0 radical (unpaired) electrons. The molecule has 12 heterocycles. The molecule has 0 aliphatic rings. The smallest absolute Gasteiger partial charge is 0.572 e. The molecule has 0 saturated heterocycles. The number of benzene rings is 2. The molecule has 2 aromatic carbocycles. The van der Waals surface area contributed by atoms with Gasteiger partial charge in [0.15, 0.2) is 0 Å². The van der Waals surface area contributed by atoms with E-state index in [1.807, 2.05) is 128 Å². The van der Waals surface area contributed by atoms with Crippen LogP contribution in [0.4, 0.5) is 39.5 Å². The third kappa shape index (κ3) is 19.7. The van der Waals surface area contributed by atoms with E-state index in [9.17, 15) is 39.5 Å². The van der Waals surface area contributed by atoms with Crippen molar-refractivity contribution in [1.82, 2.24) is 133 Å². The van der Waals surface area contributed by atoms with E-state index in [1.165, 1.54) is 18.6 Å². The molecule has 0 N–H and O–H groups in total. The Morgan fingerprint density at radius 3 is 0.929 bits per heavy atom. The summed E-state index contributed by atoms with van der Waals surface area (Å²) in [4.78, 5) is 37.2. The Balaban J connectivity index is 0.000000185. The second kappa shape index (κ2) is 33.9. The molecule has 518 valence electrons. The van der Waals surface area contributed by atoms with Gasteiger partial charge < -0.3 is 88.2 Å². The summed E-state index contributed by atoms with van der Waals surface area (Å²) >= 11 is 0. The van der Waals surface area contributed by atoms with Gasteiger partial charge in [0.05, 0.1) is 0 Å². The molecule has 0 bridgehead atoms. The van der Waals surface area contributed by atoms with E-state index >= 15 is 0 Å². The van der Waals surface area contributed by atoms with Gasteiger partial charge in [0.25, 0.3) is 0 Å². The number of halogens is 9.